The minimum Gasteiger partial charge on any atom is -0.493 e. The number of nitriles is 1. The number of nitrogens with one attached hydrogen (secondary N) is 2. The summed E-state index contributed by atoms with van der Waals surface area (Å²) in [6.07, 6.45) is 2.27. The van der Waals surface area contributed by atoms with Crippen LogP contribution in [0.2, 0.25) is 5.02 Å². The number of rotatable bonds is 3. The zero-order chi connectivity index (χ0) is 14.8. The third-order valence-corrected chi connectivity index (χ3v) is 3.42. The second-order valence-electron chi connectivity index (χ2n) is 4.65. The predicted molar refractivity (Wildman–Crippen MR) is 76.3 cm³/mol. The number of H-pyrrole nitrogens is 1. The number of nitrogens with zero attached hydrogens (tertiary/aromatic N) is 2. The molecule has 2 heterocycles. The van der Waals surface area contributed by atoms with Crippen molar-refractivity contribution in [2.75, 3.05) is 11.9 Å². The highest BCUT2D eigenvalue weighted by atomic mass is 35.5. The van der Waals surface area contributed by atoms with Crippen LogP contribution in [0.15, 0.2) is 18.3 Å². The Morgan fingerprint density at radius 2 is 2.43 bits per heavy atom. The molecule has 0 saturated carbocycles. The molecule has 106 valence electrons. The van der Waals surface area contributed by atoms with Crippen molar-refractivity contribution in [2.24, 2.45) is 0 Å². The van der Waals surface area contributed by atoms with Gasteiger partial charge in [-0.25, -0.2) is 0 Å². The van der Waals surface area contributed by atoms with E-state index in [9.17, 15) is 4.79 Å². The van der Waals surface area contributed by atoms with Crippen molar-refractivity contribution in [2.45, 2.75) is 12.8 Å². The molecule has 6 nitrogen and oxygen atoms in total. The number of ether oxygens (including phenoxy) is 1. The second-order valence-corrected chi connectivity index (χ2v) is 5.08. The first-order valence-corrected chi connectivity index (χ1v) is 6.72. The van der Waals surface area contributed by atoms with Gasteiger partial charge >= 0.3 is 0 Å². The van der Waals surface area contributed by atoms with Gasteiger partial charge in [0, 0.05) is 17.0 Å². The van der Waals surface area contributed by atoms with Gasteiger partial charge in [0.1, 0.15) is 23.2 Å². The van der Waals surface area contributed by atoms with Gasteiger partial charge in [0.15, 0.2) is 0 Å². The molecule has 3 rings (SSSR count). The van der Waals surface area contributed by atoms with Gasteiger partial charge in [0.2, 0.25) is 5.91 Å². The number of carbonyl (C=O) groups is 1. The van der Waals surface area contributed by atoms with Crippen LogP contribution in [0.1, 0.15) is 16.7 Å². The van der Waals surface area contributed by atoms with Crippen LogP contribution in [-0.2, 0) is 17.6 Å². The van der Waals surface area contributed by atoms with Crippen LogP contribution in [0.5, 0.6) is 5.75 Å². The van der Waals surface area contributed by atoms with Crippen molar-refractivity contribution in [1.82, 2.24) is 10.2 Å². The Bertz CT molecular complexity index is 748. The van der Waals surface area contributed by atoms with E-state index in [0.29, 0.717) is 17.4 Å². The van der Waals surface area contributed by atoms with Gasteiger partial charge in [-0.2, -0.15) is 10.4 Å². The summed E-state index contributed by atoms with van der Waals surface area (Å²) in [7, 11) is 0. The summed E-state index contributed by atoms with van der Waals surface area (Å²) in [5.41, 5.74) is 2.05. The Hall–Kier alpha value is -2.52. The highest BCUT2D eigenvalue weighted by Crippen LogP contribution is 2.33. The average Bonchev–Trinajstić information content (AvgIpc) is 3.06. The van der Waals surface area contributed by atoms with Crippen LogP contribution >= 0.6 is 11.6 Å². The zero-order valence-corrected chi connectivity index (χ0v) is 11.7. The fourth-order valence-corrected chi connectivity index (χ4v) is 2.56. The van der Waals surface area contributed by atoms with E-state index in [4.69, 9.17) is 21.6 Å². The fraction of sp³-hybridized carbons (Fsp3) is 0.214. The summed E-state index contributed by atoms with van der Waals surface area (Å²) in [5, 5.41) is 18.4. The quantitative estimate of drug-likeness (QED) is 0.908. The number of carbonyl (C=O) groups excluding carboxylic acids is 1. The number of aromatic amines is 1. The zero-order valence-electron chi connectivity index (χ0n) is 10.9. The second kappa shape index (κ2) is 5.46. The van der Waals surface area contributed by atoms with E-state index >= 15 is 0 Å². The molecule has 7 heteroatoms. The molecule has 0 radical (unpaired) electrons. The van der Waals surface area contributed by atoms with Crippen LogP contribution in [0.4, 0.5) is 5.82 Å². The maximum Gasteiger partial charge on any atom is 0.230 e. The van der Waals surface area contributed by atoms with Gasteiger partial charge in [-0.15, -0.1) is 0 Å². The van der Waals surface area contributed by atoms with Crippen LogP contribution in [0.25, 0.3) is 0 Å². The van der Waals surface area contributed by atoms with Gasteiger partial charge in [-0.05, 0) is 17.7 Å². The van der Waals surface area contributed by atoms with Crippen LogP contribution in [0, 0.1) is 11.3 Å². The highest BCUT2D eigenvalue weighted by molar-refractivity contribution is 6.30. The topological polar surface area (TPSA) is 90.8 Å². The molecular weight excluding hydrogens is 292 g/mol. The monoisotopic (exact) mass is 302 g/mol. The standard InChI is InChI=1S/C14H11ClN4O2/c15-11-3-8-1-2-21-13(8)9(4-11)5-12(20)18-14-10(6-16)7-17-19-14/h3-4,7H,1-2,5H2,(H2,17,18,19,20). The van der Waals surface area contributed by atoms with E-state index < -0.39 is 0 Å². The molecule has 0 atom stereocenters. The molecule has 1 aliphatic heterocycles. The Kier molecular flexibility index (Phi) is 3.50. The SMILES string of the molecule is N#Cc1cn[nH]c1NC(=O)Cc1cc(Cl)cc2c1OCC2. The lowest BCUT2D eigenvalue weighted by atomic mass is 10.1. The minimum atomic E-state index is -0.268. The number of benzene rings is 1. The Morgan fingerprint density at radius 3 is 3.24 bits per heavy atom. The maximum absolute atomic E-state index is 12.1. The lowest BCUT2D eigenvalue weighted by Gasteiger charge is -2.09. The van der Waals surface area contributed by atoms with Crippen LogP contribution in [0.3, 0.4) is 0 Å². The Morgan fingerprint density at radius 1 is 1.57 bits per heavy atom. The van der Waals surface area contributed by atoms with Gasteiger partial charge in [-0.3, -0.25) is 9.89 Å². The van der Waals surface area contributed by atoms with Crippen molar-refractivity contribution in [1.29, 1.82) is 5.26 Å². The molecule has 1 aromatic heterocycles. The lowest BCUT2D eigenvalue weighted by molar-refractivity contribution is -0.115. The number of fused-ring (bicyclic) bond motifs is 1. The summed E-state index contributed by atoms with van der Waals surface area (Å²) >= 11 is 6.06. The third-order valence-electron chi connectivity index (χ3n) is 3.20. The van der Waals surface area contributed by atoms with E-state index in [1.807, 2.05) is 12.1 Å². The molecule has 21 heavy (non-hydrogen) atoms. The number of anilines is 1. The molecule has 2 N–H and O–H groups in total. The molecule has 0 unspecified atom stereocenters. The van der Waals surface area contributed by atoms with Crippen molar-refractivity contribution in [3.8, 4) is 11.8 Å². The minimum absolute atomic E-state index is 0.118. The lowest BCUT2D eigenvalue weighted by Crippen LogP contribution is -2.16. The van der Waals surface area contributed by atoms with Gasteiger partial charge in [-0.1, -0.05) is 11.6 Å². The van der Waals surface area contributed by atoms with E-state index in [1.54, 1.807) is 6.07 Å². The fourth-order valence-electron chi connectivity index (χ4n) is 2.30. The summed E-state index contributed by atoms with van der Waals surface area (Å²) in [6, 6.07) is 5.52. The van der Waals surface area contributed by atoms with E-state index in [2.05, 4.69) is 15.5 Å². The third kappa shape index (κ3) is 2.69. The summed E-state index contributed by atoms with van der Waals surface area (Å²) in [4.78, 5) is 12.1. The smallest absolute Gasteiger partial charge is 0.230 e. The number of hydrogen-bond donors (Lipinski definition) is 2. The number of halogens is 1. The number of hydrogen-bond acceptors (Lipinski definition) is 4. The first-order chi connectivity index (χ1) is 10.2. The summed E-state index contributed by atoms with van der Waals surface area (Å²) in [5.74, 6) is 0.762. The first-order valence-electron chi connectivity index (χ1n) is 6.35. The largest absolute Gasteiger partial charge is 0.493 e. The predicted octanol–water partition coefficient (Wildman–Crippen LogP) is 2.05. The van der Waals surface area contributed by atoms with Gasteiger partial charge in [0.05, 0.1) is 19.2 Å². The molecule has 1 aliphatic rings. The molecule has 0 aliphatic carbocycles. The van der Waals surface area contributed by atoms with E-state index in [0.717, 1.165) is 23.3 Å². The summed E-state index contributed by atoms with van der Waals surface area (Å²) < 4.78 is 5.55. The van der Waals surface area contributed by atoms with Crippen molar-refractivity contribution in [3.63, 3.8) is 0 Å². The molecule has 0 fully saturated rings. The van der Waals surface area contributed by atoms with Gasteiger partial charge in [0.25, 0.3) is 0 Å². The first kappa shape index (κ1) is 13.5. The molecule has 2 aromatic rings. The number of amides is 1. The Labute approximate surface area is 125 Å². The highest BCUT2D eigenvalue weighted by Gasteiger charge is 2.20. The van der Waals surface area contributed by atoms with E-state index in [1.165, 1.54) is 6.20 Å². The average molecular weight is 303 g/mol. The number of aromatic nitrogens is 2. The maximum atomic E-state index is 12.1. The molecular formula is C14H11ClN4O2. The molecule has 1 amide bonds. The van der Waals surface area contributed by atoms with Crippen molar-refractivity contribution < 1.29 is 9.53 Å². The molecule has 0 saturated heterocycles. The molecule has 1 aromatic carbocycles. The van der Waals surface area contributed by atoms with Crippen molar-refractivity contribution >= 4 is 23.3 Å². The molecule has 0 spiro atoms. The van der Waals surface area contributed by atoms with Crippen LogP contribution in [-0.4, -0.2) is 22.7 Å². The van der Waals surface area contributed by atoms with Crippen molar-refractivity contribution in [3.05, 3.63) is 40.0 Å². The van der Waals surface area contributed by atoms with E-state index in [-0.39, 0.29) is 17.9 Å². The van der Waals surface area contributed by atoms with Gasteiger partial charge < -0.3 is 10.1 Å². The Balaban J connectivity index is 1.78. The normalized spacial score (nSPS) is 12.4. The summed E-state index contributed by atoms with van der Waals surface area (Å²) in [6.45, 7) is 0.601. The van der Waals surface area contributed by atoms with Crippen LogP contribution < -0.4 is 10.1 Å². The molecule has 0 bridgehead atoms.